The van der Waals surface area contributed by atoms with Crippen molar-refractivity contribution in [1.82, 2.24) is 9.38 Å². The fourth-order valence-corrected chi connectivity index (χ4v) is 2.40. The van der Waals surface area contributed by atoms with Crippen LogP contribution in [0.15, 0.2) is 29.8 Å². The van der Waals surface area contributed by atoms with Crippen molar-refractivity contribution in [3.63, 3.8) is 0 Å². The fourth-order valence-electron chi connectivity index (χ4n) is 1.57. The fraction of sp³-hybridized carbons (Fsp3) is 0. The van der Waals surface area contributed by atoms with Gasteiger partial charge in [-0.2, -0.15) is 5.26 Å². The summed E-state index contributed by atoms with van der Waals surface area (Å²) < 4.78 is 2.01. The SMILES string of the molecule is N#Cc1nc2ccsc2n2cccc12. The molecule has 0 saturated heterocycles. The highest BCUT2D eigenvalue weighted by Gasteiger charge is 2.07. The Morgan fingerprint density at radius 1 is 1.43 bits per heavy atom. The third kappa shape index (κ3) is 0.820. The van der Waals surface area contributed by atoms with E-state index in [2.05, 4.69) is 11.1 Å². The monoisotopic (exact) mass is 199 g/mol. The van der Waals surface area contributed by atoms with Crippen molar-refractivity contribution in [2.24, 2.45) is 0 Å². The van der Waals surface area contributed by atoms with E-state index in [4.69, 9.17) is 5.26 Å². The topological polar surface area (TPSA) is 41.1 Å². The van der Waals surface area contributed by atoms with Crippen LogP contribution < -0.4 is 0 Å². The molecule has 0 N–H and O–H groups in total. The van der Waals surface area contributed by atoms with E-state index in [0.717, 1.165) is 15.9 Å². The summed E-state index contributed by atoms with van der Waals surface area (Å²) in [5.41, 5.74) is 2.25. The van der Waals surface area contributed by atoms with Gasteiger partial charge in [-0.05, 0) is 23.6 Å². The lowest BCUT2D eigenvalue weighted by Gasteiger charge is -1.98. The summed E-state index contributed by atoms with van der Waals surface area (Å²) in [7, 11) is 0. The van der Waals surface area contributed by atoms with Gasteiger partial charge in [-0.3, -0.25) is 0 Å². The molecule has 0 radical (unpaired) electrons. The number of nitrogens with zero attached hydrogens (tertiary/aromatic N) is 3. The first-order chi connectivity index (χ1) is 6.90. The zero-order chi connectivity index (χ0) is 9.54. The summed E-state index contributed by atoms with van der Waals surface area (Å²) in [6, 6.07) is 7.88. The van der Waals surface area contributed by atoms with Gasteiger partial charge in [-0.25, -0.2) is 4.98 Å². The second-order valence-electron chi connectivity index (χ2n) is 2.95. The highest BCUT2D eigenvalue weighted by Crippen LogP contribution is 2.22. The van der Waals surface area contributed by atoms with E-state index >= 15 is 0 Å². The molecule has 0 aliphatic rings. The van der Waals surface area contributed by atoms with Gasteiger partial charge in [0.2, 0.25) is 0 Å². The van der Waals surface area contributed by atoms with E-state index in [-0.39, 0.29) is 0 Å². The molecule has 0 atom stereocenters. The second kappa shape index (κ2) is 2.56. The highest BCUT2D eigenvalue weighted by molar-refractivity contribution is 7.16. The normalized spacial score (nSPS) is 10.8. The Morgan fingerprint density at radius 2 is 2.36 bits per heavy atom. The smallest absolute Gasteiger partial charge is 0.165 e. The third-order valence-electron chi connectivity index (χ3n) is 2.17. The number of thiophene rings is 1. The van der Waals surface area contributed by atoms with Crippen LogP contribution in [0.1, 0.15) is 5.69 Å². The maximum atomic E-state index is 8.93. The Balaban J connectivity index is 2.67. The van der Waals surface area contributed by atoms with Crippen LogP contribution in [0.25, 0.3) is 15.9 Å². The van der Waals surface area contributed by atoms with E-state index in [1.807, 2.05) is 34.2 Å². The minimum absolute atomic E-state index is 0.487. The first-order valence-electron chi connectivity index (χ1n) is 4.14. The predicted molar refractivity (Wildman–Crippen MR) is 55.3 cm³/mol. The summed E-state index contributed by atoms with van der Waals surface area (Å²) in [5.74, 6) is 0. The van der Waals surface area contributed by atoms with Gasteiger partial charge in [0.05, 0.1) is 11.0 Å². The van der Waals surface area contributed by atoms with Crippen molar-refractivity contribution < 1.29 is 0 Å². The van der Waals surface area contributed by atoms with Crippen LogP contribution in [0.3, 0.4) is 0 Å². The molecule has 0 saturated carbocycles. The maximum absolute atomic E-state index is 8.93. The number of nitriles is 1. The zero-order valence-corrected chi connectivity index (χ0v) is 7.95. The van der Waals surface area contributed by atoms with Crippen LogP contribution in [0.5, 0.6) is 0 Å². The average molecular weight is 199 g/mol. The van der Waals surface area contributed by atoms with E-state index in [1.165, 1.54) is 0 Å². The number of hydrogen-bond acceptors (Lipinski definition) is 3. The van der Waals surface area contributed by atoms with Crippen LogP contribution in [0.4, 0.5) is 0 Å². The lowest BCUT2D eigenvalue weighted by molar-refractivity contribution is 1.22. The lowest BCUT2D eigenvalue weighted by Crippen LogP contribution is -1.90. The van der Waals surface area contributed by atoms with Gasteiger partial charge in [0.15, 0.2) is 5.69 Å². The first-order valence-corrected chi connectivity index (χ1v) is 5.02. The number of rotatable bonds is 0. The summed E-state index contributed by atoms with van der Waals surface area (Å²) in [4.78, 5) is 5.37. The number of fused-ring (bicyclic) bond motifs is 3. The zero-order valence-electron chi connectivity index (χ0n) is 7.14. The molecule has 14 heavy (non-hydrogen) atoms. The van der Waals surface area contributed by atoms with Crippen LogP contribution >= 0.6 is 11.3 Å². The van der Waals surface area contributed by atoms with E-state index in [9.17, 15) is 0 Å². The molecule has 3 heterocycles. The van der Waals surface area contributed by atoms with Gasteiger partial charge in [-0.15, -0.1) is 11.3 Å². The Bertz CT molecular complexity index is 657. The number of aromatic nitrogens is 2. The summed E-state index contributed by atoms with van der Waals surface area (Å²) in [6.45, 7) is 0. The van der Waals surface area contributed by atoms with E-state index < -0.39 is 0 Å². The van der Waals surface area contributed by atoms with Crippen molar-refractivity contribution in [1.29, 1.82) is 5.26 Å². The van der Waals surface area contributed by atoms with Crippen LogP contribution in [0, 0.1) is 11.3 Å². The number of hydrogen-bond donors (Lipinski definition) is 0. The molecule has 66 valence electrons. The molecule has 0 aliphatic heterocycles. The van der Waals surface area contributed by atoms with Gasteiger partial charge in [0.25, 0.3) is 0 Å². The van der Waals surface area contributed by atoms with Crippen molar-refractivity contribution in [2.75, 3.05) is 0 Å². The lowest BCUT2D eigenvalue weighted by atomic mass is 10.3. The van der Waals surface area contributed by atoms with E-state index in [0.29, 0.717) is 5.69 Å². The van der Waals surface area contributed by atoms with Crippen molar-refractivity contribution >= 4 is 27.2 Å². The predicted octanol–water partition coefficient (Wildman–Crippen LogP) is 2.42. The van der Waals surface area contributed by atoms with Crippen molar-refractivity contribution in [3.8, 4) is 6.07 Å². The molecule has 3 nitrogen and oxygen atoms in total. The van der Waals surface area contributed by atoms with Gasteiger partial charge in [0.1, 0.15) is 10.9 Å². The van der Waals surface area contributed by atoms with Crippen LogP contribution in [-0.2, 0) is 0 Å². The molecule has 0 amide bonds. The molecule has 0 unspecified atom stereocenters. The molecule has 0 aromatic carbocycles. The van der Waals surface area contributed by atoms with Gasteiger partial charge >= 0.3 is 0 Å². The Kier molecular flexibility index (Phi) is 1.38. The molecular weight excluding hydrogens is 194 g/mol. The molecule has 0 bridgehead atoms. The summed E-state index contributed by atoms with van der Waals surface area (Å²) in [6.07, 6.45) is 1.96. The minimum atomic E-state index is 0.487. The third-order valence-corrected chi connectivity index (χ3v) is 3.07. The van der Waals surface area contributed by atoms with Crippen molar-refractivity contribution in [2.45, 2.75) is 0 Å². The Labute approximate surface area is 83.8 Å². The van der Waals surface area contributed by atoms with Gasteiger partial charge in [0, 0.05) is 6.20 Å². The van der Waals surface area contributed by atoms with Crippen LogP contribution in [0.2, 0.25) is 0 Å². The molecule has 0 fully saturated rings. The quantitative estimate of drug-likeness (QED) is 0.558. The molecular formula is C10H5N3S. The second-order valence-corrected chi connectivity index (χ2v) is 3.84. The van der Waals surface area contributed by atoms with Gasteiger partial charge in [-0.1, -0.05) is 0 Å². The summed E-state index contributed by atoms with van der Waals surface area (Å²) in [5, 5.41) is 10.9. The molecule has 0 aliphatic carbocycles. The first kappa shape index (κ1) is 7.54. The Hall–Kier alpha value is -1.86. The Morgan fingerprint density at radius 3 is 3.21 bits per heavy atom. The molecule has 3 rings (SSSR count). The van der Waals surface area contributed by atoms with E-state index in [1.54, 1.807) is 11.3 Å². The van der Waals surface area contributed by atoms with Gasteiger partial charge < -0.3 is 4.40 Å². The molecule has 3 aromatic rings. The minimum Gasteiger partial charge on any atom is -0.304 e. The largest absolute Gasteiger partial charge is 0.304 e. The summed E-state index contributed by atoms with van der Waals surface area (Å²) >= 11 is 1.63. The standard InChI is InChI=1S/C10H5N3S/c11-6-8-9-2-1-4-13(9)10-7(12-8)3-5-14-10/h1-5H. The van der Waals surface area contributed by atoms with Crippen molar-refractivity contribution in [3.05, 3.63) is 35.5 Å². The maximum Gasteiger partial charge on any atom is 0.165 e. The molecule has 0 spiro atoms. The molecule has 4 heteroatoms. The molecule has 3 aromatic heterocycles. The highest BCUT2D eigenvalue weighted by atomic mass is 32.1. The van der Waals surface area contributed by atoms with Crippen LogP contribution in [-0.4, -0.2) is 9.38 Å². The average Bonchev–Trinajstić information content (AvgIpc) is 2.83.